The van der Waals surface area contributed by atoms with Gasteiger partial charge in [-0.15, -0.1) is 5.10 Å². The first kappa shape index (κ1) is 17.4. The van der Waals surface area contributed by atoms with Crippen LogP contribution in [-0.2, 0) is 11.3 Å². The SMILES string of the molecule is O=C(NC1CCOCC1)c1cnc2ccc(NCc3cccc(F)c3)nn12. The van der Waals surface area contributed by atoms with Gasteiger partial charge in [-0.25, -0.2) is 13.9 Å². The second-order valence-corrected chi connectivity index (χ2v) is 6.48. The van der Waals surface area contributed by atoms with Gasteiger partial charge in [0, 0.05) is 25.8 Å². The standard InChI is InChI=1S/C19H20FN5O2/c20-14-3-1-2-13(10-14)11-21-17-4-5-18-22-12-16(25(18)24-17)19(26)23-15-6-8-27-9-7-15/h1-5,10,12,15H,6-9,11H2,(H,21,24)(H,23,26). The minimum absolute atomic E-state index is 0.103. The van der Waals surface area contributed by atoms with Crippen LogP contribution in [0, 0.1) is 5.82 Å². The summed E-state index contributed by atoms with van der Waals surface area (Å²) in [5, 5.41) is 10.6. The van der Waals surface area contributed by atoms with Crippen LogP contribution in [-0.4, -0.2) is 39.8 Å². The third kappa shape index (κ3) is 4.06. The van der Waals surface area contributed by atoms with Crippen LogP contribution in [0.1, 0.15) is 28.9 Å². The molecule has 0 atom stereocenters. The van der Waals surface area contributed by atoms with Gasteiger partial charge in [0.15, 0.2) is 11.3 Å². The molecular weight excluding hydrogens is 349 g/mol. The largest absolute Gasteiger partial charge is 0.381 e. The van der Waals surface area contributed by atoms with Crippen molar-refractivity contribution in [2.75, 3.05) is 18.5 Å². The Labute approximate surface area is 155 Å². The fraction of sp³-hybridized carbons (Fsp3) is 0.316. The van der Waals surface area contributed by atoms with Gasteiger partial charge in [0.25, 0.3) is 5.91 Å². The number of nitrogens with one attached hydrogen (secondary N) is 2. The van der Waals surface area contributed by atoms with Crippen molar-refractivity contribution in [3.05, 3.63) is 59.7 Å². The topological polar surface area (TPSA) is 80.5 Å². The van der Waals surface area contributed by atoms with E-state index in [1.165, 1.54) is 22.8 Å². The summed E-state index contributed by atoms with van der Waals surface area (Å²) in [7, 11) is 0. The predicted molar refractivity (Wildman–Crippen MR) is 98.0 cm³/mol. The van der Waals surface area contributed by atoms with Gasteiger partial charge in [0.1, 0.15) is 11.6 Å². The molecule has 2 aromatic heterocycles. The van der Waals surface area contributed by atoms with E-state index in [2.05, 4.69) is 20.7 Å². The maximum atomic E-state index is 13.3. The molecule has 7 nitrogen and oxygen atoms in total. The lowest BCUT2D eigenvalue weighted by molar-refractivity contribution is 0.0693. The Morgan fingerprint density at radius 3 is 2.93 bits per heavy atom. The second-order valence-electron chi connectivity index (χ2n) is 6.48. The van der Waals surface area contributed by atoms with E-state index in [9.17, 15) is 9.18 Å². The van der Waals surface area contributed by atoms with Crippen LogP contribution >= 0.6 is 0 Å². The molecule has 0 aliphatic carbocycles. The van der Waals surface area contributed by atoms with Crippen LogP contribution < -0.4 is 10.6 Å². The molecular formula is C19H20FN5O2. The predicted octanol–water partition coefficient (Wildman–Crippen LogP) is 2.39. The molecule has 0 unspecified atom stereocenters. The zero-order valence-electron chi connectivity index (χ0n) is 14.7. The zero-order chi connectivity index (χ0) is 18.6. The summed E-state index contributed by atoms with van der Waals surface area (Å²) in [5.41, 5.74) is 1.77. The number of aromatic nitrogens is 3. The molecule has 1 saturated heterocycles. The lowest BCUT2D eigenvalue weighted by atomic mass is 10.1. The first-order valence-electron chi connectivity index (χ1n) is 8.91. The quantitative estimate of drug-likeness (QED) is 0.722. The van der Waals surface area contributed by atoms with Gasteiger partial charge in [0.05, 0.1) is 6.20 Å². The molecule has 1 amide bonds. The van der Waals surface area contributed by atoms with Crippen LogP contribution in [0.3, 0.4) is 0 Å². The van der Waals surface area contributed by atoms with E-state index in [-0.39, 0.29) is 17.8 Å². The van der Waals surface area contributed by atoms with Gasteiger partial charge >= 0.3 is 0 Å². The third-order valence-corrected chi connectivity index (χ3v) is 4.51. The minimum Gasteiger partial charge on any atom is -0.381 e. The molecule has 0 saturated carbocycles. The molecule has 27 heavy (non-hydrogen) atoms. The smallest absolute Gasteiger partial charge is 0.271 e. The van der Waals surface area contributed by atoms with Crippen LogP contribution in [0.2, 0.25) is 0 Å². The van der Waals surface area contributed by atoms with Crippen LogP contribution in [0.15, 0.2) is 42.6 Å². The highest BCUT2D eigenvalue weighted by Gasteiger charge is 2.20. The highest BCUT2D eigenvalue weighted by molar-refractivity contribution is 5.93. The zero-order valence-corrected chi connectivity index (χ0v) is 14.7. The van der Waals surface area contributed by atoms with E-state index in [1.807, 2.05) is 6.07 Å². The van der Waals surface area contributed by atoms with Crippen LogP contribution in [0.4, 0.5) is 10.2 Å². The summed E-state index contributed by atoms with van der Waals surface area (Å²) in [6.45, 7) is 1.74. The van der Waals surface area contributed by atoms with E-state index in [0.717, 1.165) is 18.4 Å². The van der Waals surface area contributed by atoms with E-state index in [0.29, 0.717) is 36.9 Å². The molecule has 3 aromatic rings. The molecule has 1 aromatic carbocycles. The summed E-state index contributed by atoms with van der Waals surface area (Å²) in [6.07, 6.45) is 3.13. The summed E-state index contributed by atoms with van der Waals surface area (Å²) >= 11 is 0. The number of rotatable bonds is 5. The Balaban J connectivity index is 1.49. The van der Waals surface area contributed by atoms with Crippen molar-refractivity contribution in [3.63, 3.8) is 0 Å². The minimum atomic E-state index is -0.278. The average Bonchev–Trinajstić information content (AvgIpc) is 3.10. The molecule has 8 heteroatoms. The number of imidazole rings is 1. The fourth-order valence-corrected chi connectivity index (χ4v) is 3.06. The molecule has 4 rings (SSSR count). The Kier molecular flexibility index (Phi) is 4.97. The van der Waals surface area contributed by atoms with Crippen molar-refractivity contribution < 1.29 is 13.9 Å². The van der Waals surface area contributed by atoms with Gasteiger partial charge in [-0.3, -0.25) is 4.79 Å². The van der Waals surface area contributed by atoms with Crippen molar-refractivity contribution >= 4 is 17.4 Å². The monoisotopic (exact) mass is 369 g/mol. The highest BCUT2D eigenvalue weighted by Crippen LogP contribution is 2.13. The number of amides is 1. The number of carbonyl (C=O) groups excluding carboxylic acids is 1. The number of benzene rings is 1. The Hall–Kier alpha value is -3.00. The number of hydrogen-bond acceptors (Lipinski definition) is 5. The molecule has 140 valence electrons. The number of fused-ring (bicyclic) bond motifs is 1. The van der Waals surface area contributed by atoms with Gasteiger partial charge < -0.3 is 15.4 Å². The maximum Gasteiger partial charge on any atom is 0.271 e. The van der Waals surface area contributed by atoms with Crippen LogP contribution in [0.5, 0.6) is 0 Å². The van der Waals surface area contributed by atoms with E-state index in [1.54, 1.807) is 18.2 Å². The molecule has 1 fully saturated rings. The van der Waals surface area contributed by atoms with Gasteiger partial charge in [-0.1, -0.05) is 12.1 Å². The summed E-state index contributed by atoms with van der Waals surface area (Å²) in [4.78, 5) is 16.8. The molecule has 3 heterocycles. The van der Waals surface area contributed by atoms with Crippen molar-refractivity contribution in [1.82, 2.24) is 19.9 Å². The molecule has 1 aliphatic rings. The van der Waals surface area contributed by atoms with E-state index >= 15 is 0 Å². The number of nitrogens with zero attached hydrogens (tertiary/aromatic N) is 3. The van der Waals surface area contributed by atoms with Crippen molar-refractivity contribution in [2.24, 2.45) is 0 Å². The number of ether oxygens (including phenoxy) is 1. The van der Waals surface area contributed by atoms with Gasteiger partial charge in [-0.2, -0.15) is 0 Å². The first-order valence-corrected chi connectivity index (χ1v) is 8.91. The van der Waals surface area contributed by atoms with Crippen molar-refractivity contribution in [1.29, 1.82) is 0 Å². The van der Waals surface area contributed by atoms with E-state index in [4.69, 9.17) is 4.74 Å². The Morgan fingerprint density at radius 2 is 2.11 bits per heavy atom. The maximum absolute atomic E-state index is 13.3. The number of halogens is 1. The third-order valence-electron chi connectivity index (χ3n) is 4.51. The van der Waals surface area contributed by atoms with Crippen molar-refractivity contribution in [2.45, 2.75) is 25.4 Å². The summed E-state index contributed by atoms with van der Waals surface area (Å²) < 4.78 is 20.1. The second kappa shape index (κ2) is 7.71. The molecule has 0 spiro atoms. The first-order chi connectivity index (χ1) is 13.2. The molecule has 0 bridgehead atoms. The lowest BCUT2D eigenvalue weighted by Crippen LogP contribution is -2.39. The number of hydrogen-bond donors (Lipinski definition) is 2. The van der Waals surface area contributed by atoms with E-state index < -0.39 is 0 Å². The van der Waals surface area contributed by atoms with Crippen molar-refractivity contribution in [3.8, 4) is 0 Å². The average molecular weight is 369 g/mol. The summed E-state index contributed by atoms with van der Waals surface area (Å²) in [6, 6.07) is 10.0. The molecule has 2 N–H and O–H groups in total. The Bertz CT molecular complexity index is 952. The summed E-state index contributed by atoms with van der Waals surface area (Å²) in [5.74, 6) is 0.0912. The lowest BCUT2D eigenvalue weighted by Gasteiger charge is -2.22. The highest BCUT2D eigenvalue weighted by atomic mass is 19.1. The molecule has 1 aliphatic heterocycles. The van der Waals surface area contributed by atoms with Gasteiger partial charge in [-0.05, 0) is 42.7 Å². The molecule has 0 radical (unpaired) electrons. The van der Waals surface area contributed by atoms with Crippen LogP contribution in [0.25, 0.3) is 5.65 Å². The number of anilines is 1. The normalized spacial score (nSPS) is 15.0. The number of carbonyl (C=O) groups is 1. The van der Waals surface area contributed by atoms with Gasteiger partial charge in [0.2, 0.25) is 0 Å². The Morgan fingerprint density at radius 1 is 1.26 bits per heavy atom. The fourth-order valence-electron chi connectivity index (χ4n) is 3.06.